The van der Waals surface area contributed by atoms with Gasteiger partial charge < -0.3 is 10.2 Å². The summed E-state index contributed by atoms with van der Waals surface area (Å²) >= 11 is 2.02. The van der Waals surface area contributed by atoms with E-state index in [1.54, 1.807) is 6.20 Å². The molecule has 1 aliphatic heterocycles. The van der Waals surface area contributed by atoms with Crippen LogP contribution >= 0.6 is 11.8 Å². The monoisotopic (exact) mass is 255 g/mol. The fourth-order valence-electron chi connectivity index (χ4n) is 1.85. The Balaban J connectivity index is 1.62. The van der Waals surface area contributed by atoms with Gasteiger partial charge in [-0.25, -0.2) is 4.39 Å². The highest BCUT2D eigenvalue weighted by Gasteiger charge is 2.08. The Labute approximate surface area is 106 Å². The summed E-state index contributed by atoms with van der Waals surface area (Å²) in [5, 5.41) is 3.32. The molecule has 17 heavy (non-hydrogen) atoms. The van der Waals surface area contributed by atoms with Gasteiger partial charge in [0.15, 0.2) is 0 Å². The molecule has 0 unspecified atom stereocenters. The molecule has 1 aromatic rings. The number of hydrogen-bond acceptors (Lipinski definition) is 4. The average Bonchev–Trinajstić information content (AvgIpc) is 2.36. The van der Waals surface area contributed by atoms with Crippen LogP contribution in [0.25, 0.3) is 0 Å². The first kappa shape index (κ1) is 12.8. The summed E-state index contributed by atoms with van der Waals surface area (Å²) in [7, 11) is 0. The van der Waals surface area contributed by atoms with Crippen LogP contribution in [0.5, 0.6) is 0 Å². The molecule has 0 aromatic carbocycles. The van der Waals surface area contributed by atoms with Crippen LogP contribution in [0, 0.1) is 5.82 Å². The molecule has 2 heterocycles. The maximum atomic E-state index is 12.9. The summed E-state index contributed by atoms with van der Waals surface area (Å²) in [5.41, 5.74) is 0.902. The highest BCUT2D eigenvalue weighted by Crippen LogP contribution is 2.08. The normalized spacial score (nSPS) is 17.2. The lowest BCUT2D eigenvalue weighted by atomic mass is 10.3. The lowest BCUT2D eigenvalue weighted by molar-refractivity contribution is 0.301. The molecule has 0 aliphatic carbocycles. The number of aromatic nitrogens is 1. The predicted molar refractivity (Wildman–Crippen MR) is 69.7 cm³/mol. The molecule has 1 aliphatic rings. The molecule has 0 atom stereocenters. The Morgan fingerprint density at radius 1 is 1.35 bits per heavy atom. The Morgan fingerprint density at radius 2 is 2.18 bits per heavy atom. The molecule has 0 spiro atoms. The van der Waals surface area contributed by atoms with Crippen molar-refractivity contribution >= 4 is 11.8 Å². The summed E-state index contributed by atoms with van der Waals surface area (Å²) in [6.07, 6.45) is 2.93. The quantitative estimate of drug-likeness (QED) is 0.804. The number of rotatable bonds is 5. The van der Waals surface area contributed by atoms with Crippen molar-refractivity contribution in [3.63, 3.8) is 0 Å². The molecular weight excluding hydrogens is 237 g/mol. The Morgan fingerprint density at radius 3 is 2.94 bits per heavy atom. The highest BCUT2D eigenvalue weighted by molar-refractivity contribution is 7.99. The number of halogens is 1. The van der Waals surface area contributed by atoms with Crippen molar-refractivity contribution in [1.29, 1.82) is 0 Å². The minimum Gasteiger partial charge on any atom is -0.311 e. The van der Waals surface area contributed by atoms with Crippen LogP contribution in [0.4, 0.5) is 4.39 Å². The van der Waals surface area contributed by atoms with Gasteiger partial charge in [-0.1, -0.05) is 0 Å². The number of nitrogens with zero attached hydrogens (tertiary/aromatic N) is 2. The van der Waals surface area contributed by atoms with Crippen LogP contribution in [-0.4, -0.2) is 47.6 Å². The molecule has 3 nitrogen and oxygen atoms in total. The number of pyridine rings is 1. The minimum atomic E-state index is -0.266. The maximum Gasteiger partial charge on any atom is 0.141 e. The number of hydrogen-bond donors (Lipinski definition) is 1. The van der Waals surface area contributed by atoms with Gasteiger partial charge in [-0.3, -0.25) is 4.98 Å². The van der Waals surface area contributed by atoms with Crippen LogP contribution < -0.4 is 5.32 Å². The maximum absolute atomic E-state index is 12.9. The molecule has 1 fully saturated rings. The van der Waals surface area contributed by atoms with E-state index in [0.29, 0.717) is 6.54 Å². The van der Waals surface area contributed by atoms with E-state index in [1.807, 2.05) is 11.8 Å². The van der Waals surface area contributed by atoms with E-state index < -0.39 is 0 Å². The van der Waals surface area contributed by atoms with Crippen molar-refractivity contribution < 1.29 is 4.39 Å². The second-order valence-corrected chi connectivity index (χ2v) is 5.37. The van der Waals surface area contributed by atoms with Gasteiger partial charge in [0.1, 0.15) is 5.82 Å². The SMILES string of the molecule is Fc1cncc(CNCCN2CCSCC2)c1. The van der Waals surface area contributed by atoms with E-state index >= 15 is 0 Å². The van der Waals surface area contributed by atoms with Crippen molar-refractivity contribution in [2.24, 2.45) is 0 Å². The first-order valence-electron chi connectivity index (χ1n) is 5.95. The molecule has 0 amide bonds. The van der Waals surface area contributed by atoms with Crippen molar-refractivity contribution in [3.05, 3.63) is 29.8 Å². The zero-order valence-corrected chi connectivity index (χ0v) is 10.7. The molecule has 94 valence electrons. The first-order valence-corrected chi connectivity index (χ1v) is 7.10. The van der Waals surface area contributed by atoms with Crippen LogP contribution in [0.1, 0.15) is 5.56 Å². The summed E-state index contributed by atoms with van der Waals surface area (Å²) in [4.78, 5) is 6.29. The largest absolute Gasteiger partial charge is 0.311 e. The fourth-order valence-corrected chi connectivity index (χ4v) is 2.83. The Bertz CT molecular complexity index is 342. The van der Waals surface area contributed by atoms with Crippen molar-refractivity contribution in [1.82, 2.24) is 15.2 Å². The van der Waals surface area contributed by atoms with Crippen molar-refractivity contribution in [3.8, 4) is 0 Å². The van der Waals surface area contributed by atoms with Crippen LogP contribution in [0.15, 0.2) is 18.5 Å². The van der Waals surface area contributed by atoms with Crippen LogP contribution in [0.2, 0.25) is 0 Å². The Hall–Kier alpha value is -0.650. The number of thioether (sulfide) groups is 1. The summed E-state index contributed by atoms with van der Waals surface area (Å²) < 4.78 is 12.9. The lowest BCUT2D eigenvalue weighted by Gasteiger charge is -2.26. The predicted octanol–water partition coefficient (Wildman–Crippen LogP) is 1.36. The van der Waals surface area contributed by atoms with E-state index in [9.17, 15) is 4.39 Å². The van der Waals surface area contributed by atoms with Gasteiger partial charge >= 0.3 is 0 Å². The average molecular weight is 255 g/mol. The van der Waals surface area contributed by atoms with Gasteiger partial charge in [0.05, 0.1) is 6.20 Å². The van der Waals surface area contributed by atoms with Crippen molar-refractivity contribution in [2.45, 2.75) is 6.54 Å². The first-order chi connectivity index (χ1) is 8.34. The second-order valence-electron chi connectivity index (χ2n) is 4.14. The third-order valence-electron chi connectivity index (χ3n) is 2.80. The molecule has 0 radical (unpaired) electrons. The molecule has 5 heteroatoms. The lowest BCUT2D eigenvalue weighted by Crippen LogP contribution is -2.37. The molecule has 1 aromatic heterocycles. The summed E-state index contributed by atoms with van der Waals surface area (Å²) in [6.45, 7) is 5.08. The van der Waals surface area contributed by atoms with Crippen molar-refractivity contribution in [2.75, 3.05) is 37.7 Å². The highest BCUT2D eigenvalue weighted by atomic mass is 32.2. The molecule has 1 saturated heterocycles. The molecular formula is C12H18FN3S. The van der Waals surface area contributed by atoms with E-state index in [2.05, 4.69) is 15.2 Å². The van der Waals surface area contributed by atoms with E-state index in [-0.39, 0.29) is 5.82 Å². The van der Waals surface area contributed by atoms with Gasteiger partial charge in [0.2, 0.25) is 0 Å². The van der Waals surface area contributed by atoms with Gasteiger partial charge in [-0.05, 0) is 11.6 Å². The van der Waals surface area contributed by atoms with Crippen LogP contribution in [-0.2, 0) is 6.54 Å². The number of nitrogens with one attached hydrogen (secondary N) is 1. The zero-order chi connectivity index (χ0) is 11.9. The molecule has 2 rings (SSSR count). The third kappa shape index (κ3) is 4.61. The van der Waals surface area contributed by atoms with Crippen LogP contribution in [0.3, 0.4) is 0 Å². The minimum absolute atomic E-state index is 0.266. The van der Waals surface area contributed by atoms with Gasteiger partial charge in [0, 0.05) is 50.4 Å². The summed E-state index contributed by atoms with van der Waals surface area (Å²) in [6, 6.07) is 1.53. The van der Waals surface area contributed by atoms with E-state index in [4.69, 9.17) is 0 Å². The third-order valence-corrected chi connectivity index (χ3v) is 3.74. The summed E-state index contributed by atoms with van der Waals surface area (Å²) in [5.74, 6) is 2.22. The van der Waals surface area contributed by atoms with Gasteiger partial charge in [-0.2, -0.15) is 11.8 Å². The zero-order valence-electron chi connectivity index (χ0n) is 9.86. The standard InChI is InChI=1S/C12H18FN3S/c13-12-7-11(9-15-10-12)8-14-1-2-16-3-5-17-6-4-16/h7,9-10,14H,1-6,8H2. The molecule has 0 bridgehead atoms. The van der Waals surface area contributed by atoms with E-state index in [1.165, 1.54) is 36.9 Å². The fraction of sp³-hybridized carbons (Fsp3) is 0.583. The topological polar surface area (TPSA) is 28.2 Å². The molecule has 0 saturated carbocycles. The molecule has 1 N–H and O–H groups in total. The van der Waals surface area contributed by atoms with Gasteiger partial charge in [0.25, 0.3) is 0 Å². The van der Waals surface area contributed by atoms with Gasteiger partial charge in [-0.15, -0.1) is 0 Å². The van der Waals surface area contributed by atoms with E-state index in [0.717, 1.165) is 18.7 Å². The Kier molecular flexibility index (Phi) is 5.22. The second kappa shape index (κ2) is 6.93. The smallest absolute Gasteiger partial charge is 0.141 e.